The zero-order chi connectivity index (χ0) is 21.7. The molecule has 0 aromatic carbocycles. The zero-order valence-corrected chi connectivity index (χ0v) is 19.8. The van der Waals surface area contributed by atoms with Crippen LogP contribution < -0.4 is 5.73 Å². The maximum absolute atomic E-state index is 10.1. The van der Waals surface area contributed by atoms with Gasteiger partial charge in [-0.25, -0.2) is 0 Å². The predicted molar refractivity (Wildman–Crippen MR) is 122 cm³/mol. The average molecular weight is 406 g/mol. The number of amides is 1. The molecule has 0 heterocycles. The second-order valence-electron chi connectivity index (χ2n) is 10.3. The first-order chi connectivity index (χ1) is 13.9. The standard InChI is InChI=1S/C23H38O.C2H6.CH3NO/c1-4-5-6-16-8-10-20-19-9-7-17-15-18(24)11-13-23(17,3)21(19)12-14-22(16,20)2;1-2;2-1-3/h7,16,18-21,24H,4-6,8-15H2,1-3H3;1-2H3;1H,(H2,2,3). The molecular formula is C26H47NO2. The number of aliphatic hydroxyl groups excluding tert-OH is 1. The Kier molecular flexibility index (Phi) is 8.82. The minimum absolute atomic E-state index is 0.0698. The van der Waals surface area contributed by atoms with Crippen molar-refractivity contribution in [1.29, 1.82) is 0 Å². The van der Waals surface area contributed by atoms with E-state index in [1.54, 1.807) is 5.57 Å². The van der Waals surface area contributed by atoms with Crippen LogP contribution in [-0.2, 0) is 4.79 Å². The highest BCUT2D eigenvalue weighted by atomic mass is 16.3. The van der Waals surface area contributed by atoms with E-state index in [0.717, 1.165) is 36.5 Å². The van der Waals surface area contributed by atoms with Gasteiger partial charge in [0.1, 0.15) is 0 Å². The van der Waals surface area contributed by atoms with Gasteiger partial charge in [-0.05, 0) is 92.3 Å². The molecule has 4 aliphatic carbocycles. The summed E-state index contributed by atoms with van der Waals surface area (Å²) in [7, 11) is 0. The lowest BCUT2D eigenvalue weighted by Crippen LogP contribution is -2.50. The van der Waals surface area contributed by atoms with Crippen LogP contribution in [0.1, 0.15) is 105 Å². The molecule has 0 aromatic rings. The fourth-order valence-electron chi connectivity index (χ4n) is 7.68. The molecule has 0 aromatic heterocycles. The number of rotatable bonds is 3. The Bertz CT molecular complexity index is 559. The van der Waals surface area contributed by atoms with Gasteiger partial charge in [0.2, 0.25) is 6.41 Å². The van der Waals surface area contributed by atoms with Crippen molar-refractivity contribution < 1.29 is 9.90 Å². The summed E-state index contributed by atoms with van der Waals surface area (Å²) in [5.41, 5.74) is 6.82. The maximum Gasteiger partial charge on any atom is 0.204 e. The van der Waals surface area contributed by atoms with Crippen molar-refractivity contribution in [3.63, 3.8) is 0 Å². The number of primary amides is 1. The molecule has 1 amide bonds. The van der Waals surface area contributed by atoms with Gasteiger partial charge in [0, 0.05) is 0 Å². The Labute approximate surface area is 179 Å². The number of hydrogen-bond donors (Lipinski definition) is 2. The predicted octanol–water partition coefficient (Wildman–Crippen LogP) is 6.24. The summed E-state index contributed by atoms with van der Waals surface area (Å²) in [6.45, 7) is 11.6. The van der Waals surface area contributed by atoms with Gasteiger partial charge in [0.05, 0.1) is 6.10 Å². The molecule has 4 rings (SSSR count). The molecule has 0 bridgehead atoms. The zero-order valence-electron chi connectivity index (χ0n) is 19.8. The van der Waals surface area contributed by atoms with Gasteiger partial charge in [-0.2, -0.15) is 0 Å². The van der Waals surface area contributed by atoms with E-state index in [0.29, 0.717) is 10.8 Å². The van der Waals surface area contributed by atoms with Crippen molar-refractivity contribution in [2.24, 2.45) is 40.2 Å². The lowest BCUT2D eigenvalue weighted by atomic mass is 9.47. The van der Waals surface area contributed by atoms with Crippen molar-refractivity contribution >= 4 is 6.41 Å². The molecule has 168 valence electrons. The van der Waals surface area contributed by atoms with Gasteiger partial charge in [-0.1, -0.05) is 59.1 Å². The van der Waals surface area contributed by atoms with Crippen molar-refractivity contribution in [1.82, 2.24) is 0 Å². The minimum atomic E-state index is -0.0698. The van der Waals surface area contributed by atoms with Crippen LogP contribution in [-0.4, -0.2) is 17.6 Å². The van der Waals surface area contributed by atoms with Gasteiger partial charge in [-0.15, -0.1) is 0 Å². The fourth-order valence-corrected chi connectivity index (χ4v) is 7.68. The summed E-state index contributed by atoms with van der Waals surface area (Å²) in [6.07, 6.45) is 17.5. The van der Waals surface area contributed by atoms with E-state index in [2.05, 4.69) is 32.6 Å². The average Bonchev–Trinajstić information content (AvgIpc) is 3.05. The topological polar surface area (TPSA) is 63.3 Å². The Balaban J connectivity index is 0.000000551. The lowest BCUT2D eigenvalue weighted by Gasteiger charge is -2.58. The fraction of sp³-hybridized carbons (Fsp3) is 0.885. The van der Waals surface area contributed by atoms with E-state index in [1.165, 1.54) is 57.8 Å². The minimum Gasteiger partial charge on any atom is -0.393 e. The van der Waals surface area contributed by atoms with Crippen LogP contribution in [0, 0.1) is 34.5 Å². The third kappa shape index (κ3) is 4.60. The maximum atomic E-state index is 10.1. The number of carbonyl (C=O) groups is 1. The first-order valence-corrected chi connectivity index (χ1v) is 12.4. The van der Waals surface area contributed by atoms with E-state index in [1.807, 2.05) is 13.8 Å². The Morgan fingerprint density at radius 3 is 2.48 bits per heavy atom. The Morgan fingerprint density at radius 2 is 1.83 bits per heavy atom. The molecule has 3 fully saturated rings. The van der Waals surface area contributed by atoms with E-state index >= 15 is 0 Å². The van der Waals surface area contributed by atoms with Crippen molar-refractivity contribution in [3.05, 3.63) is 11.6 Å². The number of carbonyl (C=O) groups excluding carboxylic acids is 1. The van der Waals surface area contributed by atoms with Gasteiger partial charge >= 0.3 is 0 Å². The summed E-state index contributed by atoms with van der Waals surface area (Å²) < 4.78 is 0. The molecule has 0 spiro atoms. The van der Waals surface area contributed by atoms with Crippen LogP contribution in [0.3, 0.4) is 0 Å². The highest BCUT2D eigenvalue weighted by Crippen LogP contribution is 2.66. The van der Waals surface area contributed by atoms with Crippen LogP contribution in [0.4, 0.5) is 0 Å². The molecule has 0 radical (unpaired) electrons. The van der Waals surface area contributed by atoms with E-state index in [-0.39, 0.29) is 12.5 Å². The summed E-state index contributed by atoms with van der Waals surface area (Å²) in [5, 5.41) is 10.1. The number of hydrogen-bond acceptors (Lipinski definition) is 2. The van der Waals surface area contributed by atoms with Crippen LogP contribution in [0.5, 0.6) is 0 Å². The second-order valence-corrected chi connectivity index (χ2v) is 10.3. The molecule has 3 N–H and O–H groups in total. The molecule has 3 nitrogen and oxygen atoms in total. The first kappa shape index (κ1) is 24.4. The molecule has 7 atom stereocenters. The van der Waals surface area contributed by atoms with Crippen molar-refractivity contribution in [2.75, 3.05) is 0 Å². The second kappa shape index (κ2) is 10.5. The number of fused-ring (bicyclic) bond motifs is 5. The summed E-state index contributed by atoms with van der Waals surface area (Å²) >= 11 is 0. The van der Waals surface area contributed by atoms with E-state index in [9.17, 15) is 5.11 Å². The number of nitrogens with two attached hydrogens (primary N) is 1. The van der Waals surface area contributed by atoms with E-state index < -0.39 is 0 Å². The monoisotopic (exact) mass is 405 g/mol. The van der Waals surface area contributed by atoms with Crippen molar-refractivity contribution in [2.45, 2.75) is 111 Å². The van der Waals surface area contributed by atoms with Gasteiger partial charge in [0.15, 0.2) is 0 Å². The lowest BCUT2D eigenvalue weighted by molar-refractivity contribution is -0.106. The SMILES string of the molecule is CC.CCCCC1CCC2C3CC=C4CC(O)CCC4(C)C3CCC12C.NC=O. The number of unbranched alkanes of at least 4 members (excludes halogenated alkanes) is 1. The van der Waals surface area contributed by atoms with Gasteiger partial charge in [0.25, 0.3) is 0 Å². The third-order valence-electron chi connectivity index (χ3n) is 9.18. The number of aliphatic hydroxyl groups is 1. The Morgan fingerprint density at radius 1 is 1.14 bits per heavy atom. The summed E-state index contributed by atoms with van der Waals surface area (Å²) in [4.78, 5) is 8.58. The normalized spacial score (nSPS) is 42.6. The summed E-state index contributed by atoms with van der Waals surface area (Å²) in [6, 6.07) is 0. The van der Waals surface area contributed by atoms with Crippen LogP contribution in [0.2, 0.25) is 0 Å². The van der Waals surface area contributed by atoms with E-state index in [4.69, 9.17) is 4.79 Å². The van der Waals surface area contributed by atoms with Crippen LogP contribution in [0.25, 0.3) is 0 Å². The quantitative estimate of drug-likeness (QED) is 0.431. The van der Waals surface area contributed by atoms with Gasteiger partial charge in [-0.3, -0.25) is 4.79 Å². The smallest absolute Gasteiger partial charge is 0.204 e. The number of allylic oxidation sites excluding steroid dienone is 1. The molecule has 3 saturated carbocycles. The van der Waals surface area contributed by atoms with Gasteiger partial charge < -0.3 is 10.8 Å². The molecule has 3 heteroatoms. The molecule has 4 aliphatic rings. The first-order valence-electron chi connectivity index (χ1n) is 12.4. The Hall–Kier alpha value is -0.830. The van der Waals surface area contributed by atoms with Crippen molar-refractivity contribution in [3.8, 4) is 0 Å². The van der Waals surface area contributed by atoms with Crippen LogP contribution >= 0.6 is 0 Å². The molecular weight excluding hydrogens is 358 g/mol. The molecule has 0 saturated heterocycles. The summed E-state index contributed by atoms with van der Waals surface area (Å²) in [5.74, 6) is 3.79. The highest BCUT2D eigenvalue weighted by molar-refractivity contribution is 5.42. The molecule has 0 aliphatic heterocycles. The molecule has 29 heavy (non-hydrogen) atoms. The largest absolute Gasteiger partial charge is 0.393 e. The van der Waals surface area contributed by atoms with Crippen LogP contribution in [0.15, 0.2) is 11.6 Å². The highest BCUT2D eigenvalue weighted by Gasteiger charge is 2.58. The third-order valence-corrected chi connectivity index (χ3v) is 9.18. The molecule has 7 unspecified atom stereocenters.